The first kappa shape index (κ1) is 19.5. The zero-order valence-corrected chi connectivity index (χ0v) is 16.4. The summed E-state index contributed by atoms with van der Waals surface area (Å²) in [5, 5.41) is 13.1. The number of alkyl halides is 3. The summed E-state index contributed by atoms with van der Waals surface area (Å²) in [7, 11) is 0. The van der Waals surface area contributed by atoms with Gasteiger partial charge in [-0.3, -0.25) is 0 Å². The van der Waals surface area contributed by atoms with Crippen LogP contribution >= 0.6 is 11.3 Å². The fourth-order valence-electron chi connectivity index (χ4n) is 3.97. The highest BCUT2D eigenvalue weighted by Crippen LogP contribution is 2.44. The third-order valence-electron chi connectivity index (χ3n) is 5.34. The average molecular weight is 444 g/mol. The number of aliphatic hydroxyl groups excluding tert-OH is 1. The Bertz CT molecular complexity index is 1070. The van der Waals surface area contributed by atoms with Crippen LogP contribution in [0.5, 0.6) is 5.75 Å². The summed E-state index contributed by atoms with van der Waals surface area (Å²) in [5.41, 5.74) is 0.224. The average Bonchev–Trinajstić information content (AvgIpc) is 3.36. The van der Waals surface area contributed by atoms with Crippen molar-refractivity contribution < 1.29 is 31.9 Å². The molecule has 0 radical (unpaired) electrons. The van der Waals surface area contributed by atoms with Crippen LogP contribution in [0.3, 0.4) is 0 Å². The smallest absolute Gasteiger partial charge is 0.422 e. The highest BCUT2D eigenvalue weighted by atomic mass is 32.1. The van der Waals surface area contributed by atoms with Gasteiger partial charge in [-0.1, -0.05) is 0 Å². The number of hydrogen-bond acceptors (Lipinski definition) is 8. The SMILES string of the molecule is CC(O)c1cc(-c2nccs2)c2oc(N3CC4CC(C3)N4F)nc2c1OC(F)(F)F. The van der Waals surface area contributed by atoms with E-state index in [2.05, 4.69) is 14.7 Å². The number of fused-ring (bicyclic) bond motifs is 3. The minimum Gasteiger partial charge on any atom is -0.422 e. The highest BCUT2D eigenvalue weighted by molar-refractivity contribution is 7.13. The molecule has 30 heavy (non-hydrogen) atoms. The van der Waals surface area contributed by atoms with Crippen molar-refractivity contribution in [3.8, 4) is 16.3 Å². The minimum absolute atomic E-state index is 0.0694. The van der Waals surface area contributed by atoms with Crippen LogP contribution < -0.4 is 9.64 Å². The quantitative estimate of drug-likeness (QED) is 0.481. The third kappa shape index (κ3) is 3.19. The largest absolute Gasteiger partial charge is 0.573 e. The Morgan fingerprint density at radius 3 is 2.63 bits per heavy atom. The van der Waals surface area contributed by atoms with Crippen molar-refractivity contribution in [1.29, 1.82) is 0 Å². The van der Waals surface area contributed by atoms with Crippen LogP contribution in [0.15, 0.2) is 22.1 Å². The predicted octanol–water partition coefficient (Wildman–Crippen LogP) is 4.05. The van der Waals surface area contributed by atoms with Crippen molar-refractivity contribution in [2.75, 3.05) is 18.0 Å². The van der Waals surface area contributed by atoms with Gasteiger partial charge in [-0.15, -0.1) is 34.1 Å². The van der Waals surface area contributed by atoms with Crippen molar-refractivity contribution in [3.63, 3.8) is 0 Å². The molecule has 1 N–H and O–H groups in total. The van der Waals surface area contributed by atoms with Crippen LogP contribution in [0.1, 0.15) is 25.0 Å². The molecule has 2 aromatic heterocycles. The zero-order valence-electron chi connectivity index (χ0n) is 15.6. The molecule has 0 aliphatic carbocycles. The number of anilines is 1. The van der Waals surface area contributed by atoms with Gasteiger partial charge in [0, 0.05) is 30.2 Å². The van der Waals surface area contributed by atoms with Crippen LogP contribution in [-0.2, 0) is 0 Å². The second kappa shape index (κ2) is 6.79. The number of benzene rings is 1. The van der Waals surface area contributed by atoms with Gasteiger partial charge in [0.15, 0.2) is 16.8 Å². The maximum atomic E-state index is 13.7. The van der Waals surface area contributed by atoms with Gasteiger partial charge in [0.05, 0.1) is 23.8 Å². The van der Waals surface area contributed by atoms with Gasteiger partial charge in [-0.25, -0.2) is 4.98 Å². The second-order valence-corrected chi connectivity index (χ2v) is 8.26. The van der Waals surface area contributed by atoms with E-state index >= 15 is 0 Å². The molecule has 6 rings (SSSR count). The van der Waals surface area contributed by atoms with E-state index in [-0.39, 0.29) is 34.8 Å². The molecule has 3 aromatic rings. The number of halogens is 4. The van der Waals surface area contributed by atoms with E-state index < -0.39 is 18.2 Å². The number of aliphatic hydroxyl groups is 1. The summed E-state index contributed by atoms with van der Waals surface area (Å²) in [6.45, 7) is 1.96. The van der Waals surface area contributed by atoms with Crippen LogP contribution in [0.25, 0.3) is 21.7 Å². The Morgan fingerprint density at radius 2 is 2.07 bits per heavy atom. The molecule has 3 fully saturated rings. The first-order valence-electron chi connectivity index (χ1n) is 9.21. The number of ether oxygens (including phenoxy) is 1. The first-order valence-corrected chi connectivity index (χ1v) is 10.1. The Labute approximate surface area is 171 Å². The van der Waals surface area contributed by atoms with Gasteiger partial charge in [-0.05, 0) is 19.4 Å². The molecule has 12 heteroatoms. The van der Waals surface area contributed by atoms with Gasteiger partial charge >= 0.3 is 6.36 Å². The fourth-order valence-corrected chi connectivity index (χ4v) is 4.62. The second-order valence-electron chi connectivity index (χ2n) is 7.37. The van der Waals surface area contributed by atoms with Gasteiger partial charge in [-0.2, -0.15) is 4.98 Å². The van der Waals surface area contributed by atoms with Crippen LogP contribution in [-0.4, -0.2) is 51.7 Å². The predicted molar refractivity (Wildman–Crippen MR) is 99.8 cm³/mol. The number of aromatic nitrogens is 2. The van der Waals surface area contributed by atoms with Crippen LogP contribution in [0.2, 0.25) is 0 Å². The topological polar surface area (TPSA) is 74.9 Å². The van der Waals surface area contributed by atoms with E-state index in [0.717, 1.165) is 5.12 Å². The van der Waals surface area contributed by atoms with E-state index in [1.54, 1.807) is 16.5 Å². The fraction of sp³-hybridized carbons (Fsp3) is 0.444. The number of nitrogens with zero attached hydrogens (tertiary/aromatic N) is 4. The molecule has 3 saturated heterocycles. The lowest BCUT2D eigenvalue weighted by molar-refractivity contribution is -0.274. The van der Waals surface area contributed by atoms with E-state index in [0.29, 0.717) is 30.1 Å². The maximum Gasteiger partial charge on any atom is 0.573 e. The lowest BCUT2D eigenvalue weighted by atomic mass is 9.91. The lowest BCUT2D eigenvalue weighted by Gasteiger charge is -2.50. The van der Waals surface area contributed by atoms with E-state index in [1.165, 1.54) is 24.3 Å². The van der Waals surface area contributed by atoms with Gasteiger partial charge in [0.25, 0.3) is 6.01 Å². The first-order chi connectivity index (χ1) is 14.2. The molecule has 3 aliphatic rings. The Hall–Kier alpha value is -2.44. The van der Waals surface area contributed by atoms with Gasteiger partial charge < -0.3 is 19.2 Å². The van der Waals surface area contributed by atoms with Crippen molar-refractivity contribution in [1.82, 2.24) is 15.1 Å². The Balaban J connectivity index is 1.68. The molecular weight excluding hydrogens is 428 g/mol. The van der Waals surface area contributed by atoms with E-state index in [4.69, 9.17) is 4.42 Å². The molecule has 7 nitrogen and oxygen atoms in total. The summed E-state index contributed by atoms with van der Waals surface area (Å²) < 4.78 is 63.2. The van der Waals surface area contributed by atoms with Crippen molar-refractivity contribution in [2.45, 2.75) is 37.9 Å². The molecule has 0 amide bonds. The Morgan fingerprint density at radius 1 is 1.33 bits per heavy atom. The maximum absolute atomic E-state index is 13.7. The van der Waals surface area contributed by atoms with Gasteiger partial charge in [0.1, 0.15) is 5.01 Å². The number of rotatable bonds is 4. The minimum atomic E-state index is -4.99. The normalized spacial score (nSPS) is 22.9. The molecule has 3 aliphatic heterocycles. The molecule has 1 aromatic carbocycles. The molecule has 5 heterocycles. The number of thiazole rings is 1. The van der Waals surface area contributed by atoms with E-state index in [1.807, 2.05) is 0 Å². The number of piperazine rings is 1. The van der Waals surface area contributed by atoms with Crippen molar-refractivity contribution >= 4 is 28.5 Å². The molecule has 0 spiro atoms. The molecular formula is C18H16F4N4O3S. The summed E-state index contributed by atoms with van der Waals surface area (Å²) >= 11 is 1.27. The monoisotopic (exact) mass is 444 g/mol. The lowest BCUT2D eigenvalue weighted by Crippen LogP contribution is -2.65. The number of oxazole rings is 1. The molecule has 3 unspecified atom stereocenters. The van der Waals surface area contributed by atoms with Gasteiger partial charge in [0.2, 0.25) is 0 Å². The van der Waals surface area contributed by atoms with Crippen LogP contribution in [0.4, 0.5) is 23.7 Å². The highest BCUT2D eigenvalue weighted by Gasteiger charge is 2.47. The van der Waals surface area contributed by atoms with E-state index in [9.17, 15) is 22.8 Å². The zero-order chi connectivity index (χ0) is 21.2. The standard InChI is InChI=1S/C18H16F4N4O3S/c1-8(27)11-5-12(16-23-2-3-30-16)14-13(15(11)29-18(19,20)21)24-17(28-14)25-6-9-4-10(7-25)26(9)22/h2-3,5,8-10,27H,4,6-7H2,1H3. The molecule has 160 valence electrons. The van der Waals surface area contributed by atoms with Crippen molar-refractivity contribution in [2.24, 2.45) is 0 Å². The number of hydrogen-bond donors (Lipinski definition) is 1. The summed E-state index contributed by atoms with van der Waals surface area (Å²) in [4.78, 5) is 10.2. The summed E-state index contributed by atoms with van der Waals surface area (Å²) in [5.74, 6) is -0.614. The van der Waals surface area contributed by atoms with Crippen LogP contribution in [0, 0.1) is 0 Å². The summed E-state index contributed by atoms with van der Waals surface area (Å²) in [6.07, 6.45) is -3.97. The number of piperidine rings is 1. The Kier molecular flexibility index (Phi) is 4.42. The molecule has 0 saturated carbocycles. The van der Waals surface area contributed by atoms with Crippen molar-refractivity contribution in [3.05, 3.63) is 23.2 Å². The molecule has 2 bridgehead atoms. The summed E-state index contributed by atoms with van der Waals surface area (Å²) in [6, 6.07) is 0.867. The third-order valence-corrected chi connectivity index (χ3v) is 6.15. The molecule has 3 atom stereocenters.